The lowest BCUT2D eigenvalue weighted by Crippen LogP contribution is -2.10. The molecule has 0 aliphatic rings. The van der Waals surface area contributed by atoms with Crippen LogP contribution in [0, 0.1) is 5.82 Å². The predicted octanol–water partition coefficient (Wildman–Crippen LogP) is 4.47. The summed E-state index contributed by atoms with van der Waals surface area (Å²) in [6, 6.07) is 0.991. The van der Waals surface area contributed by atoms with Crippen molar-refractivity contribution >= 4 is 11.8 Å². The summed E-state index contributed by atoms with van der Waals surface area (Å²) in [5.41, 5.74) is -0.116. The molecule has 0 saturated heterocycles. The Labute approximate surface area is 125 Å². The van der Waals surface area contributed by atoms with E-state index in [0.717, 1.165) is 25.1 Å². The van der Waals surface area contributed by atoms with Crippen LogP contribution in [0.2, 0.25) is 0 Å². The van der Waals surface area contributed by atoms with Crippen molar-refractivity contribution in [2.24, 2.45) is 0 Å². The highest BCUT2D eigenvalue weighted by atomic mass is 19.1. The van der Waals surface area contributed by atoms with Crippen molar-refractivity contribution in [1.29, 1.82) is 0 Å². The largest absolute Gasteiger partial charge is 0.478 e. The van der Waals surface area contributed by atoms with Gasteiger partial charge < -0.3 is 10.4 Å². The van der Waals surface area contributed by atoms with Gasteiger partial charge in [0.05, 0.1) is 6.20 Å². The summed E-state index contributed by atoms with van der Waals surface area (Å²) in [4.78, 5) is 14.8. The van der Waals surface area contributed by atoms with E-state index < -0.39 is 11.8 Å². The van der Waals surface area contributed by atoms with Gasteiger partial charge in [0.1, 0.15) is 17.2 Å². The maximum absolute atomic E-state index is 13.0. The molecule has 4 nitrogen and oxygen atoms in total. The van der Waals surface area contributed by atoms with Crippen LogP contribution in [0.5, 0.6) is 0 Å². The molecule has 21 heavy (non-hydrogen) atoms. The van der Waals surface area contributed by atoms with E-state index in [-0.39, 0.29) is 11.4 Å². The molecule has 1 aromatic rings. The molecule has 0 fully saturated rings. The van der Waals surface area contributed by atoms with Crippen molar-refractivity contribution in [2.75, 3.05) is 11.9 Å². The molecule has 1 heterocycles. The smallest absolute Gasteiger partial charge is 0.339 e. The summed E-state index contributed by atoms with van der Waals surface area (Å²) in [6.07, 6.45) is 10.8. The molecule has 1 rings (SSSR count). The number of hydrogen-bond donors (Lipinski definition) is 2. The SMILES string of the molecule is CCCCCCCCCCNc1ncc(F)cc1C(=O)O. The zero-order valence-electron chi connectivity index (χ0n) is 12.7. The van der Waals surface area contributed by atoms with E-state index in [2.05, 4.69) is 17.2 Å². The third kappa shape index (κ3) is 7.06. The fraction of sp³-hybridized carbons (Fsp3) is 0.625. The third-order valence-corrected chi connectivity index (χ3v) is 3.41. The topological polar surface area (TPSA) is 62.2 Å². The molecule has 0 saturated carbocycles. The van der Waals surface area contributed by atoms with E-state index in [0.29, 0.717) is 6.54 Å². The molecule has 1 aromatic heterocycles. The second-order valence-electron chi connectivity index (χ2n) is 5.26. The number of hydrogen-bond acceptors (Lipinski definition) is 3. The lowest BCUT2D eigenvalue weighted by Gasteiger charge is -2.08. The van der Waals surface area contributed by atoms with Crippen molar-refractivity contribution in [2.45, 2.75) is 58.3 Å². The van der Waals surface area contributed by atoms with Gasteiger partial charge in [-0.3, -0.25) is 0 Å². The molecule has 0 aliphatic heterocycles. The maximum Gasteiger partial charge on any atom is 0.339 e. The number of aromatic nitrogens is 1. The lowest BCUT2D eigenvalue weighted by molar-refractivity contribution is 0.0697. The Kier molecular flexibility index (Phi) is 8.40. The van der Waals surface area contributed by atoms with Gasteiger partial charge in [-0.05, 0) is 12.5 Å². The van der Waals surface area contributed by atoms with Gasteiger partial charge in [-0.15, -0.1) is 0 Å². The van der Waals surface area contributed by atoms with Crippen LogP contribution in [0.3, 0.4) is 0 Å². The van der Waals surface area contributed by atoms with Crippen LogP contribution in [-0.4, -0.2) is 22.6 Å². The number of rotatable bonds is 11. The van der Waals surface area contributed by atoms with Crippen LogP contribution >= 0.6 is 0 Å². The molecule has 118 valence electrons. The molecule has 0 bridgehead atoms. The predicted molar refractivity (Wildman–Crippen MR) is 82.3 cm³/mol. The second kappa shape index (κ2) is 10.1. The molecular formula is C16H25FN2O2. The summed E-state index contributed by atoms with van der Waals surface area (Å²) in [6.45, 7) is 2.87. The van der Waals surface area contributed by atoms with Crippen molar-refractivity contribution in [3.05, 3.63) is 23.6 Å². The van der Waals surface area contributed by atoms with Crippen LogP contribution in [0.15, 0.2) is 12.3 Å². The zero-order chi connectivity index (χ0) is 15.5. The van der Waals surface area contributed by atoms with Crippen LogP contribution in [-0.2, 0) is 0 Å². The molecule has 2 N–H and O–H groups in total. The Morgan fingerprint density at radius 1 is 1.19 bits per heavy atom. The van der Waals surface area contributed by atoms with Crippen LogP contribution in [0.25, 0.3) is 0 Å². The first-order chi connectivity index (χ1) is 10.1. The highest BCUT2D eigenvalue weighted by molar-refractivity contribution is 5.93. The number of carboxylic acids is 1. The number of carbonyl (C=O) groups is 1. The second-order valence-corrected chi connectivity index (χ2v) is 5.26. The lowest BCUT2D eigenvalue weighted by atomic mass is 10.1. The van der Waals surface area contributed by atoms with Gasteiger partial charge in [0.15, 0.2) is 0 Å². The highest BCUT2D eigenvalue weighted by Gasteiger charge is 2.12. The number of carboxylic acid groups (broad SMARTS) is 1. The zero-order valence-corrected chi connectivity index (χ0v) is 12.7. The molecule has 0 amide bonds. The minimum absolute atomic E-state index is 0.116. The van der Waals surface area contributed by atoms with E-state index in [1.165, 1.54) is 38.5 Å². The number of unbranched alkanes of at least 4 members (excludes halogenated alkanes) is 7. The Bertz CT molecular complexity index is 438. The number of nitrogens with zero attached hydrogens (tertiary/aromatic N) is 1. The summed E-state index contributed by atoms with van der Waals surface area (Å²) in [7, 11) is 0. The van der Waals surface area contributed by atoms with Gasteiger partial charge in [-0.2, -0.15) is 0 Å². The average Bonchev–Trinajstić information content (AvgIpc) is 2.46. The van der Waals surface area contributed by atoms with Crippen LogP contribution < -0.4 is 5.32 Å². The van der Waals surface area contributed by atoms with E-state index in [4.69, 9.17) is 5.11 Å². The fourth-order valence-electron chi connectivity index (χ4n) is 2.21. The standard InChI is InChI=1S/C16H25FN2O2/c1-2-3-4-5-6-7-8-9-10-18-15-14(16(20)21)11-13(17)12-19-15/h11-12H,2-10H2,1H3,(H,18,19)(H,20,21). The first-order valence-electron chi connectivity index (χ1n) is 7.78. The Balaban J connectivity index is 2.20. The third-order valence-electron chi connectivity index (χ3n) is 3.41. The van der Waals surface area contributed by atoms with Crippen molar-refractivity contribution in [1.82, 2.24) is 4.98 Å². The summed E-state index contributed by atoms with van der Waals surface area (Å²) < 4.78 is 13.0. The number of halogens is 1. The number of pyridine rings is 1. The van der Waals surface area contributed by atoms with E-state index >= 15 is 0 Å². The Morgan fingerprint density at radius 3 is 2.43 bits per heavy atom. The van der Waals surface area contributed by atoms with Crippen molar-refractivity contribution in [3.8, 4) is 0 Å². The monoisotopic (exact) mass is 296 g/mol. The Hall–Kier alpha value is -1.65. The van der Waals surface area contributed by atoms with Gasteiger partial charge in [0.2, 0.25) is 0 Å². The summed E-state index contributed by atoms with van der Waals surface area (Å²) in [5.74, 6) is -1.56. The average molecular weight is 296 g/mol. The minimum Gasteiger partial charge on any atom is -0.478 e. The number of anilines is 1. The molecule has 0 aromatic carbocycles. The maximum atomic E-state index is 13.0. The first-order valence-corrected chi connectivity index (χ1v) is 7.78. The number of nitrogens with one attached hydrogen (secondary N) is 1. The van der Waals surface area contributed by atoms with Crippen LogP contribution in [0.4, 0.5) is 10.2 Å². The first kappa shape index (κ1) is 17.4. The van der Waals surface area contributed by atoms with E-state index in [9.17, 15) is 9.18 Å². The fourth-order valence-corrected chi connectivity index (χ4v) is 2.21. The van der Waals surface area contributed by atoms with Gasteiger partial charge in [0.25, 0.3) is 0 Å². The van der Waals surface area contributed by atoms with Gasteiger partial charge in [0, 0.05) is 6.54 Å². The Morgan fingerprint density at radius 2 is 1.81 bits per heavy atom. The normalized spacial score (nSPS) is 10.6. The van der Waals surface area contributed by atoms with Crippen molar-refractivity contribution in [3.63, 3.8) is 0 Å². The molecule has 5 heteroatoms. The van der Waals surface area contributed by atoms with Crippen molar-refractivity contribution < 1.29 is 14.3 Å². The summed E-state index contributed by atoms with van der Waals surface area (Å²) in [5, 5.41) is 12.0. The van der Waals surface area contributed by atoms with Gasteiger partial charge in [-0.25, -0.2) is 14.2 Å². The molecule has 0 unspecified atom stereocenters. The van der Waals surface area contributed by atoms with Gasteiger partial charge in [-0.1, -0.05) is 51.9 Å². The van der Waals surface area contributed by atoms with E-state index in [1.807, 2.05) is 0 Å². The quantitative estimate of drug-likeness (QED) is 0.591. The molecule has 0 atom stereocenters. The molecule has 0 radical (unpaired) electrons. The van der Waals surface area contributed by atoms with E-state index in [1.54, 1.807) is 0 Å². The summed E-state index contributed by atoms with van der Waals surface area (Å²) >= 11 is 0. The van der Waals surface area contributed by atoms with Crippen LogP contribution in [0.1, 0.15) is 68.6 Å². The molecule has 0 aliphatic carbocycles. The number of aromatic carboxylic acids is 1. The molecule has 0 spiro atoms. The highest BCUT2D eigenvalue weighted by Crippen LogP contribution is 2.14. The molecular weight excluding hydrogens is 271 g/mol. The minimum atomic E-state index is -1.17. The van der Waals surface area contributed by atoms with Gasteiger partial charge >= 0.3 is 5.97 Å².